The molecular weight excluding hydrogens is 274 g/mol. The van der Waals surface area contributed by atoms with Gasteiger partial charge in [0.15, 0.2) is 0 Å². The van der Waals surface area contributed by atoms with Crippen molar-refractivity contribution < 1.29 is 9.84 Å². The highest BCUT2D eigenvalue weighted by molar-refractivity contribution is 5.36. The lowest BCUT2D eigenvalue weighted by Crippen LogP contribution is -2.34. The van der Waals surface area contributed by atoms with Gasteiger partial charge in [-0.05, 0) is 60.8 Å². The second kappa shape index (κ2) is 5.86. The molecule has 2 aliphatic heterocycles. The van der Waals surface area contributed by atoms with Crippen LogP contribution in [0.25, 0.3) is 0 Å². The Balaban J connectivity index is 1.35. The summed E-state index contributed by atoms with van der Waals surface area (Å²) in [6, 6.07) is 5.85. The van der Waals surface area contributed by atoms with E-state index < -0.39 is 0 Å². The first-order chi connectivity index (χ1) is 10.7. The number of nitrogens with zero attached hydrogens (tertiary/aromatic N) is 1. The Hall–Kier alpha value is -1.06. The second-order valence-corrected chi connectivity index (χ2v) is 7.60. The largest absolute Gasteiger partial charge is 0.508 e. The molecule has 1 aromatic rings. The lowest BCUT2D eigenvalue weighted by atomic mass is 9.84. The first kappa shape index (κ1) is 14.5. The molecule has 1 unspecified atom stereocenters. The summed E-state index contributed by atoms with van der Waals surface area (Å²) in [6.45, 7) is 4.29. The normalized spacial score (nSPS) is 27.9. The Morgan fingerprint density at radius 2 is 1.91 bits per heavy atom. The van der Waals surface area contributed by atoms with Crippen LogP contribution in [-0.2, 0) is 17.6 Å². The van der Waals surface area contributed by atoms with Crippen LogP contribution in [0.1, 0.15) is 43.2 Å². The average Bonchev–Trinajstić information content (AvgIpc) is 3.08. The Labute approximate surface area is 133 Å². The Morgan fingerprint density at radius 1 is 1.14 bits per heavy atom. The van der Waals surface area contributed by atoms with E-state index in [4.69, 9.17) is 4.74 Å². The van der Waals surface area contributed by atoms with Crippen molar-refractivity contribution in [3.8, 4) is 5.75 Å². The van der Waals surface area contributed by atoms with Gasteiger partial charge in [0.1, 0.15) is 5.75 Å². The fourth-order valence-electron chi connectivity index (χ4n) is 4.71. The first-order valence-electron chi connectivity index (χ1n) is 8.87. The molecule has 2 fully saturated rings. The SMILES string of the molecule is Oc1ccc2c(c1)CCN(CC1CC3(CCCC3)CO1)CC2. The molecule has 1 saturated heterocycles. The van der Waals surface area contributed by atoms with Crippen molar-refractivity contribution in [3.63, 3.8) is 0 Å². The summed E-state index contributed by atoms with van der Waals surface area (Å²) in [6.07, 6.45) is 9.42. The third-order valence-corrected chi connectivity index (χ3v) is 6.00. The molecule has 22 heavy (non-hydrogen) atoms. The maximum absolute atomic E-state index is 9.66. The topological polar surface area (TPSA) is 32.7 Å². The minimum absolute atomic E-state index is 0.398. The van der Waals surface area contributed by atoms with Gasteiger partial charge < -0.3 is 14.7 Å². The molecular formula is C19H27NO2. The van der Waals surface area contributed by atoms with E-state index in [1.165, 1.54) is 43.2 Å². The van der Waals surface area contributed by atoms with E-state index in [-0.39, 0.29) is 0 Å². The van der Waals surface area contributed by atoms with Gasteiger partial charge in [-0.2, -0.15) is 0 Å². The van der Waals surface area contributed by atoms with Gasteiger partial charge in [0.05, 0.1) is 12.7 Å². The number of fused-ring (bicyclic) bond motifs is 1. The second-order valence-electron chi connectivity index (χ2n) is 7.60. The highest BCUT2D eigenvalue weighted by Crippen LogP contribution is 2.46. The lowest BCUT2D eigenvalue weighted by Gasteiger charge is -2.24. The van der Waals surface area contributed by atoms with E-state index in [1.54, 1.807) is 0 Å². The minimum Gasteiger partial charge on any atom is -0.508 e. The summed E-state index contributed by atoms with van der Waals surface area (Å²) < 4.78 is 6.15. The molecule has 3 heteroatoms. The van der Waals surface area contributed by atoms with Crippen molar-refractivity contribution in [1.82, 2.24) is 4.90 Å². The molecule has 1 aromatic carbocycles. The molecule has 3 nitrogen and oxygen atoms in total. The third kappa shape index (κ3) is 2.89. The van der Waals surface area contributed by atoms with Gasteiger partial charge in [-0.3, -0.25) is 0 Å². The molecule has 0 amide bonds. The van der Waals surface area contributed by atoms with Crippen molar-refractivity contribution in [3.05, 3.63) is 29.3 Å². The molecule has 120 valence electrons. The number of phenolic OH excluding ortho intramolecular Hbond substituents is 1. The zero-order chi connectivity index (χ0) is 15.0. The van der Waals surface area contributed by atoms with Crippen molar-refractivity contribution >= 4 is 0 Å². The van der Waals surface area contributed by atoms with Gasteiger partial charge in [-0.15, -0.1) is 0 Å². The van der Waals surface area contributed by atoms with Crippen LogP contribution < -0.4 is 0 Å². The number of hydrogen-bond acceptors (Lipinski definition) is 3. The van der Waals surface area contributed by atoms with Gasteiger partial charge in [-0.1, -0.05) is 18.9 Å². The van der Waals surface area contributed by atoms with E-state index in [0.717, 1.165) is 39.1 Å². The smallest absolute Gasteiger partial charge is 0.115 e. The molecule has 2 heterocycles. The molecule has 0 radical (unpaired) electrons. The van der Waals surface area contributed by atoms with Crippen LogP contribution in [0.3, 0.4) is 0 Å². The monoisotopic (exact) mass is 301 g/mol. The maximum Gasteiger partial charge on any atom is 0.115 e. The molecule has 1 spiro atoms. The minimum atomic E-state index is 0.398. The van der Waals surface area contributed by atoms with Crippen LogP contribution >= 0.6 is 0 Å². The summed E-state index contributed by atoms with van der Waals surface area (Å²) in [7, 11) is 0. The fourth-order valence-corrected chi connectivity index (χ4v) is 4.71. The fraction of sp³-hybridized carbons (Fsp3) is 0.684. The number of hydrogen-bond donors (Lipinski definition) is 1. The Morgan fingerprint density at radius 3 is 2.73 bits per heavy atom. The molecule has 1 atom stereocenters. The molecule has 1 saturated carbocycles. The first-order valence-corrected chi connectivity index (χ1v) is 8.87. The molecule has 3 aliphatic rings. The maximum atomic E-state index is 9.66. The number of rotatable bonds is 2. The summed E-state index contributed by atoms with van der Waals surface area (Å²) in [4.78, 5) is 2.57. The summed E-state index contributed by atoms with van der Waals surface area (Å²) in [5.74, 6) is 0.398. The standard InChI is InChI=1S/C19H27NO2/c21-17-4-3-15-5-9-20(10-6-16(15)11-17)13-18-12-19(14-22-18)7-1-2-8-19/h3-4,11,18,21H,1-2,5-10,12-14H2. The highest BCUT2D eigenvalue weighted by Gasteiger charge is 2.42. The van der Waals surface area contributed by atoms with E-state index in [0.29, 0.717) is 17.3 Å². The summed E-state index contributed by atoms with van der Waals surface area (Å²) >= 11 is 0. The van der Waals surface area contributed by atoms with E-state index >= 15 is 0 Å². The van der Waals surface area contributed by atoms with Crippen LogP contribution in [0.15, 0.2) is 18.2 Å². The van der Waals surface area contributed by atoms with Gasteiger partial charge in [0.2, 0.25) is 0 Å². The van der Waals surface area contributed by atoms with Crippen LogP contribution in [0.5, 0.6) is 5.75 Å². The summed E-state index contributed by atoms with van der Waals surface area (Å²) in [5.41, 5.74) is 3.26. The predicted molar refractivity (Wildman–Crippen MR) is 87.2 cm³/mol. The van der Waals surface area contributed by atoms with Crippen molar-refractivity contribution in [2.75, 3.05) is 26.2 Å². The van der Waals surface area contributed by atoms with Crippen molar-refractivity contribution in [2.24, 2.45) is 5.41 Å². The number of benzene rings is 1. The quantitative estimate of drug-likeness (QED) is 0.911. The summed E-state index contributed by atoms with van der Waals surface area (Å²) in [5, 5.41) is 9.66. The van der Waals surface area contributed by atoms with E-state index in [9.17, 15) is 5.11 Å². The van der Waals surface area contributed by atoms with Crippen LogP contribution in [0, 0.1) is 5.41 Å². The third-order valence-electron chi connectivity index (χ3n) is 6.00. The number of phenols is 1. The molecule has 0 aromatic heterocycles. The van der Waals surface area contributed by atoms with Crippen LogP contribution in [-0.4, -0.2) is 42.4 Å². The molecule has 4 rings (SSSR count). The Kier molecular flexibility index (Phi) is 3.87. The predicted octanol–water partition coefficient (Wildman–Crippen LogP) is 3.14. The lowest BCUT2D eigenvalue weighted by molar-refractivity contribution is 0.0667. The zero-order valence-electron chi connectivity index (χ0n) is 13.4. The number of aromatic hydroxyl groups is 1. The van der Waals surface area contributed by atoms with Gasteiger partial charge in [0, 0.05) is 19.6 Å². The molecule has 1 N–H and O–H groups in total. The van der Waals surface area contributed by atoms with Gasteiger partial charge in [0.25, 0.3) is 0 Å². The average molecular weight is 301 g/mol. The number of ether oxygens (including phenoxy) is 1. The van der Waals surface area contributed by atoms with Crippen molar-refractivity contribution in [1.29, 1.82) is 0 Å². The Bertz CT molecular complexity index is 536. The van der Waals surface area contributed by atoms with E-state index in [1.807, 2.05) is 12.1 Å². The van der Waals surface area contributed by atoms with E-state index in [2.05, 4.69) is 11.0 Å². The van der Waals surface area contributed by atoms with Crippen LogP contribution in [0.2, 0.25) is 0 Å². The van der Waals surface area contributed by atoms with Crippen molar-refractivity contribution in [2.45, 2.75) is 51.0 Å². The molecule has 0 bridgehead atoms. The van der Waals surface area contributed by atoms with Gasteiger partial charge >= 0.3 is 0 Å². The van der Waals surface area contributed by atoms with Crippen LogP contribution in [0.4, 0.5) is 0 Å². The zero-order valence-corrected chi connectivity index (χ0v) is 13.4. The molecule has 1 aliphatic carbocycles. The van der Waals surface area contributed by atoms with Gasteiger partial charge in [-0.25, -0.2) is 0 Å². The highest BCUT2D eigenvalue weighted by atomic mass is 16.5.